The molecule has 0 spiro atoms. The minimum atomic E-state index is -0.727. The SMILES string of the molecule is CCCCCCCCCCOC(=O)CCCCCCCC(=O)O. The second-order valence-electron chi connectivity index (χ2n) is 6.36. The fourth-order valence-corrected chi connectivity index (χ4v) is 2.57. The number of hydrogen-bond acceptors (Lipinski definition) is 3. The highest BCUT2D eigenvalue weighted by atomic mass is 16.5. The van der Waals surface area contributed by atoms with Crippen LogP contribution in [0.2, 0.25) is 0 Å². The number of ether oxygens (including phenoxy) is 1. The molecule has 0 atom stereocenters. The molecule has 0 aromatic rings. The molecule has 0 amide bonds. The first-order valence-electron chi connectivity index (χ1n) is 9.54. The number of carbonyl (C=O) groups is 2. The lowest BCUT2D eigenvalue weighted by atomic mass is 10.1. The lowest BCUT2D eigenvalue weighted by Gasteiger charge is -2.05. The molecule has 4 heteroatoms. The third-order valence-corrected chi connectivity index (χ3v) is 4.03. The van der Waals surface area contributed by atoms with Crippen LogP contribution in [0, 0.1) is 0 Å². The molecule has 0 heterocycles. The van der Waals surface area contributed by atoms with Gasteiger partial charge in [-0.1, -0.05) is 71.1 Å². The van der Waals surface area contributed by atoms with E-state index in [4.69, 9.17) is 9.84 Å². The van der Waals surface area contributed by atoms with Crippen LogP contribution in [0.15, 0.2) is 0 Å². The van der Waals surface area contributed by atoms with Crippen LogP contribution in [0.4, 0.5) is 0 Å². The van der Waals surface area contributed by atoms with Crippen molar-refractivity contribution in [3.63, 3.8) is 0 Å². The highest BCUT2D eigenvalue weighted by molar-refractivity contribution is 5.69. The van der Waals surface area contributed by atoms with Crippen LogP contribution in [-0.2, 0) is 14.3 Å². The summed E-state index contributed by atoms with van der Waals surface area (Å²) in [5.74, 6) is -0.812. The minimum absolute atomic E-state index is 0.0847. The molecule has 0 aliphatic heterocycles. The van der Waals surface area contributed by atoms with Crippen molar-refractivity contribution in [2.75, 3.05) is 6.61 Å². The van der Waals surface area contributed by atoms with Crippen LogP contribution < -0.4 is 0 Å². The van der Waals surface area contributed by atoms with Crippen molar-refractivity contribution in [3.8, 4) is 0 Å². The van der Waals surface area contributed by atoms with Crippen molar-refractivity contribution in [1.82, 2.24) is 0 Å². The minimum Gasteiger partial charge on any atom is -0.481 e. The number of aliphatic carboxylic acids is 1. The maximum atomic E-state index is 11.5. The third kappa shape index (κ3) is 18.9. The van der Waals surface area contributed by atoms with Crippen LogP contribution in [0.5, 0.6) is 0 Å². The molecule has 0 fully saturated rings. The van der Waals surface area contributed by atoms with Gasteiger partial charge in [-0.05, 0) is 19.3 Å². The average Bonchev–Trinajstić information content (AvgIpc) is 2.52. The third-order valence-electron chi connectivity index (χ3n) is 4.03. The van der Waals surface area contributed by atoms with Gasteiger partial charge in [0.2, 0.25) is 0 Å². The van der Waals surface area contributed by atoms with Gasteiger partial charge in [-0.25, -0.2) is 0 Å². The zero-order valence-corrected chi connectivity index (χ0v) is 15.0. The Morgan fingerprint density at radius 2 is 1.17 bits per heavy atom. The Kier molecular flexibility index (Phi) is 16.5. The van der Waals surface area contributed by atoms with E-state index >= 15 is 0 Å². The molecular formula is C19H36O4. The predicted octanol–water partition coefficient (Wildman–Crippen LogP) is 5.49. The maximum Gasteiger partial charge on any atom is 0.305 e. The molecule has 0 rings (SSSR count). The second-order valence-corrected chi connectivity index (χ2v) is 6.36. The Hall–Kier alpha value is -1.06. The maximum absolute atomic E-state index is 11.5. The van der Waals surface area contributed by atoms with Gasteiger partial charge in [0.25, 0.3) is 0 Å². The molecule has 0 aromatic heterocycles. The average molecular weight is 328 g/mol. The smallest absolute Gasteiger partial charge is 0.305 e. The van der Waals surface area contributed by atoms with Crippen molar-refractivity contribution < 1.29 is 19.4 Å². The van der Waals surface area contributed by atoms with E-state index in [0.29, 0.717) is 13.0 Å². The van der Waals surface area contributed by atoms with E-state index in [2.05, 4.69) is 6.92 Å². The van der Waals surface area contributed by atoms with E-state index in [1.54, 1.807) is 0 Å². The van der Waals surface area contributed by atoms with Gasteiger partial charge < -0.3 is 9.84 Å². The van der Waals surface area contributed by atoms with Crippen molar-refractivity contribution in [2.24, 2.45) is 0 Å². The molecule has 136 valence electrons. The zero-order valence-electron chi connectivity index (χ0n) is 15.0. The summed E-state index contributed by atoms with van der Waals surface area (Å²) >= 11 is 0. The quantitative estimate of drug-likeness (QED) is 0.283. The fourth-order valence-electron chi connectivity index (χ4n) is 2.57. The summed E-state index contributed by atoms with van der Waals surface area (Å²) in [4.78, 5) is 21.9. The largest absolute Gasteiger partial charge is 0.481 e. The number of unbranched alkanes of at least 4 members (excludes halogenated alkanes) is 11. The predicted molar refractivity (Wildman–Crippen MR) is 93.5 cm³/mol. The number of carboxylic acids is 1. The van der Waals surface area contributed by atoms with Gasteiger partial charge in [0.05, 0.1) is 6.61 Å². The Morgan fingerprint density at radius 3 is 1.74 bits per heavy atom. The molecule has 0 aliphatic rings. The summed E-state index contributed by atoms with van der Waals surface area (Å²) in [5.41, 5.74) is 0. The molecule has 0 aliphatic carbocycles. The van der Waals surface area contributed by atoms with Gasteiger partial charge in [-0.3, -0.25) is 9.59 Å². The number of carboxylic acid groups (broad SMARTS) is 1. The first kappa shape index (κ1) is 21.9. The van der Waals surface area contributed by atoms with Gasteiger partial charge in [0.15, 0.2) is 0 Å². The molecular weight excluding hydrogens is 292 g/mol. The molecule has 0 saturated heterocycles. The van der Waals surface area contributed by atoms with E-state index < -0.39 is 5.97 Å². The highest BCUT2D eigenvalue weighted by Gasteiger charge is 2.03. The molecule has 23 heavy (non-hydrogen) atoms. The van der Waals surface area contributed by atoms with Gasteiger partial charge >= 0.3 is 11.9 Å². The van der Waals surface area contributed by atoms with Gasteiger partial charge in [-0.15, -0.1) is 0 Å². The molecule has 4 nitrogen and oxygen atoms in total. The van der Waals surface area contributed by atoms with Gasteiger partial charge in [-0.2, -0.15) is 0 Å². The summed E-state index contributed by atoms with van der Waals surface area (Å²) < 4.78 is 5.23. The summed E-state index contributed by atoms with van der Waals surface area (Å²) in [6, 6.07) is 0. The van der Waals surface area contributed by atoms with Crippen molar-refractivity contribution in [1.29, 1.82) is 0 Å². The summed E-state index contributed by atoms with van der Waals surface area (Å²) in [6.45, 7) is 2.79. The molecule has 0 radical (unpaired) electrons. The highest BCUT2D eigenvalue weighted by Crippen LogP contribution is 2.10. The van der Waals surface area contributed by atoms with Gasteiger partial charge in [0.1, 0.15) is 0 Å². The monoisotopic (exact) mass is 328 g/mol. The van der Waals surface area contributed by atoms with Crippen molar-refractivity contribution >= 4 is 11.9 Å². The Morgan fingerprint density at radius 1 is 0.696 bits per heavy atom. The van der Waals surface area contributed by atoms with Crippen LogP contribution in [0.1, 0.15) is 103 Å². The van der Waals surface area contributed by atoms with E-state index in [1.165, 1.54) is 38.5 Å². The van der Waals surface area contributed by atoms with Gasteiger partial charge in [0, 0.05) is 12.8 Å². The standard InChI is InChI=1S/C19H36O4/c1-2-3-4-5-6-7-11-14-17-23-19(22)16-13-10-8-9-12-15-18(20)21/h2-17H2,1H3,(H,20,21). The summed E-state index contributed by atoms with van der Waals surface area (Å²) in [6.07, 6.45) is 15.2. The Labute approximate surface area is 142 Å². The normalized spacial score (nSPS) is 10.7. The first-order chi connectivity index (χ1) is 11.2. The number of hydrogen-bond donors (Lipinski definition) is 1. The molecule has 0 aromatic carbocycles. The Balaban J connectivity index is 3.17. The zero-order chi connectivity index (χ0) is 17.2. The van der Waals surface area contributed by atoms with Crippen molar-refractivity contribution in [2.45, 2.75) is 103 Å². The summed E-state index contributed by atoms with van der Waals surface area (Å²) in [5, 5.41) is 8.51. The first-order valence-corrected chi connectivity index (χ1v) is 9.54. The van der Waals surface area contributed by atoms with Crippen LogP contribution in [0.25, 0.3) is 0 Å². The molecule has 0 saturated carbocycles. The van der Waals surface area contributed by atoms with Crippen LogP contribution in [0.3, 0.4) is 0 Å². The summed E-state index contributed by atoms with van der Waals surface area (Å²) in [7, 11) is 0. The van der Waals surface area contributed by atoms with E-state index in [-0.39, 0.29) is 12.4 Å². The van der Waals surface area contributed by atoms with Crippen molar-refractivity contribution in [3.05, 3.63) is 0 Å². The lowest BCUT2D eigenvalue weighted by molar-refractivity contribution is -0.144. The molecule has 1 N–H and O–H groups in total. The van der Waals surface area contributed by atoms with E-state index in [9.17, 15) is 9.59 Å². The Bertz CT molecular complexity index is 289. The van der Waals surface area contributed by atoms with E-state index in [1.807, 2.05) is 0 Å². The number of esters is 1. The van der Waals surface area contributed by atoms with Crippen LogP contribution in [-0.4, -0.2) is 23.7 Å². The van der Waals surface area contributed by atoms with Crippen LogP contribution >= 0.6 is 0 Å². The second kappa shape index (κ2) is 17.3. The number of rotatable bonds is 17. The van der Waals surface area contributed by atoms with E-state index in [0.717, 1.165) is 44.9 Å². The number of carbonyl (C=O) groups excluding carboxylic acids is 1. The lowest BCUT2D eigenvalue weighted by Crippen LogP contribution is -2.05. The topological polar surface area (TPSA) is 63.6 Å². The fraction of sp³-hybridized carbons (Fsp3) is 0.895. The molecule has 0 bridgehead atoms. The molecule has 0 unspecified atom stereocenters.